The Labute approximate surface area is 128 Å². The van der Waals surface area contributed by atoms with Crippen molar-refractivity contribution in [2.24, 2.45) is 0 Å². The summed E-state index contributed by atoms with van der Waals surface area (Å²) in [6.07, 6.45) is 4.11. The van der Waals surface area contributed by atoms with Crippen LogP contribution in [0.2, 0.25) is 0 Å². The van der Waals surface area contributed by atoms with E-state index in [-0.39, 0.29) is 5.91 Å². The summed E-state index contributed by atoms with van der Waals surface area (Å²) in [4.78, 5) is 12.1. The fourth-order valence-corrected chi connectivity index (χ4v) is 2.91. The van der Waals surface area contributed by atoms with Gasteiger partial charge in [0.05, 0.1) is 5.75 Å². The Morgan fingerprint density at radius 2 is 2.24 bits per heavy atom. The molecule has 1 aromatic heterocycles. The van der Waals surface area contributed by atoms with Crippen molar-refractivity contribution in [2.45, 2.75) is 37.9 Å². The molecule has 1 aliphatic rings. The Hall–Kier alpha value is -1.82. The second-order valence-electron chi connectivity index (χ2n) is 5.41. The van der Waals surface area contributed by atoms with Crippen LogP contribution in [-0.2, 0) is 4.79 Å². The lowest BCUT2D eigenvalue weighted by atomic mass is 10.1. The number of benzene rings is 1. The van der Waals surface area contributed by atoms with Gasteiger partial charge in [0, 0.05) is 11.7 Å². The number of carbonyl (C=O) groups excluding carboxylic acids is 1. The largest absolute Gasteiger partial charge is 0.325 e. The molecule has 5 nitrogen and oxygen atoms in total. The third kappa shape index (κ3) is 3.44. The number of nitrogens with zero attached hydrogens (tertiary/aromatic N) is 3. The molecular formula is C15H18N4OS. The monoisotopic (exact) mass is 302 g/mol. The van der Waals surface area contributed by atoms with Crippen LogP contribution in [0, 0.1) is 13.8 Å². The van der Waals surface area contributed by atoms with Crippen LogP contribution in [-0.4, -0.2) is 26.4 Å². The van der Waals surface area contributed by atoms with Gasteiger partial charge in [-0.25, -0.2) is 0 Å². The second kappa shape index (κ2) is 5.89. The molecule has 1 aromatic carbocycles. The fraction of sp³-hybridized carbons (Fsp3) is 0.400. The van der Waals surface area contributed by atoms with Crippen LogP contribution in [0.15, 0.2) is 29.7 Å². The summed E-state index contributed by atoms with van der Waals surface area (Å²) in [5.41, 5.74) is 3.08. The van der Waals surface area contributed by atoms with Crippen molar-refractivity contribution >= 4 is 23.4 Å². The van der Waals surface area contributed by atoms with Gasteiger partial charge in [0.25, 0.3) is 0 Å². The van der Waals surface area contributed by atoms with Crippen molar-refractivity contribution in [3.8, 4) is 0 Å². The van der Waals surface area contributed by atoms with Gasteiger partial charge in [0.15, 0.2) is 5.16 Å². The number of carbonyl (C=O) groups is 1. The SMILES string of the molecule is Cc1ccc(C)c(NC(=O)CSc2nncn2C2CC2)c1. The third-order valence-electron chi connectivity index (χ3n) is 3.48. The first-order valence-electron chi connectivity index (χ1n) is 7.03. The number of amides is 1. The summed E-state index contributed by atoms with van der Waals surface area (Å²) in [7, 11) is 0. The van der Waals surface area contributed by atoms with Crippen LogP contribution >= 0.6 is 11.8 Å². The summed E-state index contributed by atoms with van der Waals surface area (Å²) in [6.45, 7) is 4.01. The maximum Gasteiger partial charge on any atom is 0.234 e. The van der Waals surface area contributed by atoms with Crippen LogP contribution in [0.25, 0.3) is 0 Å². The third-order valence-corrected chi connectivity index (χ3v) is 4.44. The van der Waals surface area contributed by atoms with Gasteiger partial charge in [-0.15, -0.1) is 10.2 Å². The van der Waals surface area contributed by atoms with Crippen molar-refractivity contribution in [1.82, 2.24) is 14.8 Å². The Morgan fingerprint density at radius 3 is 3.00 bits per heavy atom. The van der Waals surface area contributed by atoms with E-state index in [1.54, 1.807) is 6.33 Å². The van der Waals surface area contributed by atoms with Crippen LogP contribution < -0.4 is 5.32 Å². The van der Waals surface area contributed by atoms with E-state index in [4.69, 9.17) is 0 Å². The van der Waals surface area contributed by atoms with E-state index in [1.165, 1.54) is 24.6 Å². The fourth-order valence-electron chi connectivity index (χ4n) is 2.13. The molecule has 0 unspecified atom stereocenters. The Bertz CT molecular complexity index is 663. The van der Waals surface area contributed by atoms with E-state index >= 15 is 0 Å². The standard InChI is InChI=1S/C15H18N4OS/c1-10-3-4-11(2)13(7-10)17-14(20)8-21-15-18-16-9-19(15)12-5-6-12/h3-4,7,9,12H,5-6,8H2,1-2H3,(H,17,20). The molecule has 0 radical (unpaired) electrons. The molecule has 3 rings (SSSR count). The zero-order valence-electron chi connectivity index (χ0n) is 12.2. The molecule has 1 aliphatic carbocycles. The number of rotatable bonds is 5. The van der Waals surface area contributed by atoms with Crippen LogP contribution in [0.5, 0.6) is 0 Å². The first kappa shape index (κ1) is 14.1. The predicted molar refractivity (Wildman–Crippen MR) is 83.6 cm³/mol. The highest BCUT2D eigenvalue weighted by Crippen LogP contribution is 2.37. The van der Waals surface area contributed by atoms with Crippen molar-refractivity contribution in [1.29, 1.82) is 0 Å². The average molecular weight is 302 g/mol. The van der Waals surface area contributed by atoms with Crippen molar-refractivity contribution < 1.29 is 4.79 Å². The van der Waals surface area contributed by atoms with Crippen LogP contribution in [0.1, 0.15) is 30.0 Å². The van der Waals surface area contributed by atoms with Gasteiger partial charge in [-0.1, -0.05) is 23.9 Å². The van der Waals surface area contributed by atoms with E-state index in [0.717, 1.165) is 22.0 Å². The minimum atomic E-state index is -0.0148. The van der Waals surface area contributed by atoms with Gasteiger partial charge in [0.1, 0.15) is 6.33 Å². The van der Waals surface area contributed by atoms with Crippen molar-refractivity contribution in [3.05, 3.63) is 35.7 Å². The Morgan fingerprint density at radius 1 is 1.43 bits per heavy atom. The Kier molecular flexibility index (Phi) is 3.96. The first-order valence-corrected chi connectivity index (χ1v) is 8.01. The number of aryl methyl sites for hydroxylation is 2. The maximum atomic E-state index is 12.1. The summed E-state index contributed by atoms with van der Waals surface area (Å²) in [5.74, 6) is 0.331. The van der Waals surface area contributed by atoms with E-state index in [9.17, 15) is 4.79 Å². The first-order chi connectivity index (χ1) is 10.1. The lowest BCUT2D eigenvalue weighted by Gasteiger charge is -2.09. The smallest absolute Gasteiger partial charge is 0.234 e. The van der Waals surface area contributed by atoms with Gasteiger partial charge >= 0.3 is 0 Å². The van der Waals surface area contributed by atoms with E-state index in [0.29, 0.717) is 11.8 Å². The molecule has 1 saturated carbocycles. The molecule has 0 saturated heterocycles. The zero-order chi connectivity index (χ0) is 14.8. The average Bonchev–Trinajstić information content (AvgIpc) is 3.19. The van der Waals surface area contributed by atoms with Gasteiger partial charge < -0.3 is 9.88 Å². The quantitative estimate of drug-likeness (QED) is 0.863. The number of hydrogen-bond donors (Lipinski definition) is 1. The second-order valence-corrected chi connectivity index (χ2v) is 6.35. The molecule has 0 aliphatic heterocycles. The van der Waals surface area contributed by atoms with E-state index < -0.39 is 0 Å². The molecule has 110 valence electrons. The topological polar surface area (TPSA) is 59.8 Å². The van der Waals surface area contributed by atoms with Crippen molar-refractivity contribution in [2.75, 3.05) is 11.1 Å². The molecule has 1 fully saturated rings. The number of aromatic nitrogens is 3. The Balaban J connectivity index is 1.59. The normalized spacial score (nSPS) is 14.2. The molecule has 1 heterocycles. The van der Waals surface area contributed by atoms with Crippen LogP contribution in [0.3, 0.4) is 0 Å². The number of hydrogen-bond acceptors (Lipinski definition) is 4. The maximum absolute atomic E-state index is 12.1. The predicted octanol–water partition coefficient (Wildman–Crippen LogP) is 2.96. The lowest BCUT2D eigenvalue weighted by molar-refractivity contribution is -0.113. The van der Waals surface area contributed by atoms with Crippen LogP contribution in [0.4, 0.5) is 5.69 Å². The highest BCUT2D eigenvalue weighted by atomic mass is 32.2. The van der Waals surface area contributed by atoms with Gasteiger partial charge in [0.2, 0.25) is 5.91 Å². The highest BCUT2D eigenvalue weighted by Gasteiger charge is 2.26. The number of anilines is 1. The lowest BCUT2D eigenvalue weighted by Crippen LogP contribution is -2.15. The summed E-state index contributed by atoms with van der Waals surface area (Å²) in [5, 5.41) is 11.8. The van der Waals surface area contributed by atoms with Crippen molar-refractivity contribution in [3.63, 3.8) is 0 Å². The van der Waals surface area contributed by atoms with Gasteiger partial charge in [-0.3, -0.25) is 4.79 Å². The van der Waals surface area contributed by atoms with Gasteiger partial charge in [-0.05, 0) is 43.9 Å². The molecule has 1 amide bonds. The zero-order valence-corrected chi connectivity index (χ0v) is 13.0. The molecule has 21 heavy (non-hydrogen) atoms. The molecule has 0 atom stereocenters. The molecular weight excluding hydrogens is 284 g/mol. The molecule has 6 heteroatoms. The van der Waals surface area contributed by atoms with E-state index in [2.05, 4.69) is 20.1 Å². The molecule has 0 spiro atoms. The van der Waals surface area contributed by atoms with Gasteiger partial charge in [-0.2, -0.15) is 0 Å². The summed E-state index contributed by atoms with van der Waals surface area (Å²) in [6, 6.07) is 6.58. The number of nitrogens with one attached hydrogen (secondary N) is 1. The molecule has 0 bridgehead atoms. The minimum Gasteiger partial charge on any atom is -0.325 e. The molecule has 2 aromatic rings. The summed E-state index contributed by atoms with van der Waals surface area (Å²) < 4.78 is 2.07. The summed E-state index contributed by atoms with van der Waals surface area (Å²) >= 11 is 1.44. The minimum absolute atomic E-state index is 0.0148. The molecule has 1 N–H and O–H groups in total. The van der Waals surface area contributed by atoms with E-state index in [1.807, 2.05) is 32.0 Å². The number of thioether (sulfide) groups is 1. The highest BCUT2D eigenvalue weighted by molar-refractivity contribution is 7.99.